The Morgan fingerprint density at radius 2 is 1.94 bits per heavy atom. The van der Waals surface area contributed by atoms with Crippen LogP contribution in [0.2, 0.25) is 0 Å². The number of rotatable bonds is 4. The molecule has 1 N–H and O–H groups in total. The number of hydrogen-bond acceptors (Lipinski definition) is 2. The molecule has 2 fully saturated rings. The Labute approximate surface area is 110 Å². The number of benzene rings is 1. The van der Waals surface area contributed by atoms with Crippen LogP contribution in [0.3, 0.4) is 0 Å². The van der Waals surface area contributed by atoms with Gasteiger partial charge >= 0.3 is 0 Å². The second-order valence-electron chi connectivity index (χ2n) is 5.86. The number of aryl methyl sites for hydroxylation is 1. The van der Waals surface area contributed by atoms with Crippen LogP contribution >= 0.6 is 0 Å². The van der Waals surface area contributed by atoms with Crippen LogP contribution in [0.5, 0.6) is 0 Å². The van der Waals surface area contributed by atoms with E-state index in [1.165, 1.54) is 30.4 Å². The maximum absolute atomic E-state index is 5.67. The van der Waals surface area contributed by atoms with Crippen LogP contribution in [0.4, 0.5) is 0 Å². The van der Waals surface area contributed by atoms with Crippen molar-refractivity contribution >= 4 is 0 Å². The first-order valence-electron chi connectivity index (χ1n) is 7.20. The predicted octanol–water partition coefficient (Wildman–Crippen LogP) is 2.69. The lowest BCUT2D eigenvalue weighted by molar-refractivity contribution is 0.0316. The van der Waals surface area contributed by atoms with Gasteiger partial charge in [-0.3, -0.25) is 0 Å². The van der Waals surface area contributed by atoms with Gasteiger partial charge in [0.1, 0.15) is 0 Å². The summed E-state index contributed by atoms with van der Waals surface area (Å²) < 4.78 is 5.67. The highest BCUT2D eigenvalue weighted by atomic mass is 16.5. The summed E-state index contributed by atoms with van der Waals surface area (Å²) in [6, 6.07) is 10.4. The van der Waals surface area contributed by atoms with Crippen LogP contribution in [-0.2, 0) is 11.2 Å². The lowest BCUT2D eigenvalue weighted by Crippen LogP contribution is -2.44. The molecule has 1 aromatic rings. The molecule has 0 aromatic heterocycles. The topological polar surface area (TPSA) is 21.3 Å². The summed E-state index contributed by atoms with van der Waals surface area (Å²) in [5.74, 6) is 0.641. The summed E-state index contributed by atoms with van der Waals surface area (Å²) in [5.41, 5.74) is 2.78. The number of ether oxygens (including phenoxy) is 1. The van der Waals surface area contributed by atoms with E-state index in [1.807, 2.05) is 0 Å². The molecular formula is C16H23NO. The minimum atomic E-state index is 0.641. The summed E-state index contributed by atoms with van der Waals surface area (Å²) in [7, 11) is 0. The van der Waals surface area contributed by atoms with Gasteiger partial charge in [0.05, 0.1) is 6.61 Å². The molecule has 0 amide bonds. The van der Waals surface area contributed by atoms with Gasteiger partial charge in [0.15, 0.2) is 0 Å². The molecule has 3 rings (SSSR count). The van der Waals surface area contributed by atoms with E-state index in [1.54, 1.807) is 0 Å². The van der Waals surface area contributed by atoms with Crippen molar-refractivity contribution < 1.29 is 4.74 Å². The summed E-state index contributed by atoms with van der Waals surface area (Å²) in [4.78, 5) is 0. The smallest absolute Gasteiger partial charge is 0.0512 e. The molecule has 1 aromatic carbocycles. The van der Waals surface area contributed by atoms with Gasteiger partial charge in [0.2, 0.25) is 0 Å². The first kappa shape index (κ1) is 12.2. The van der Waals surface area contributed by atoms with Crippen molar-refractivity contribution in [1.82, 2.24) is 5.32 Å². The van der Waals surface area contributed by atoms with E-state index < -0.39 is 0 Å². The lowest BCUT2D eigenvalue weighted by Gasteiger charge is -2.32. The number of hydrogen-bond donors (Lipinski definition) is 1. The zero-order valence-corrected chi connectivity index (χ0v) is 11.2. The van der Waals surface area contributed by atoms with Gasteiger partial charge < -0.3 is 10.1 Å². The molecule has 1 saturated carbocycles. The van der Waals surface area contributed by atoms with Gasteiger partial charge in [-0.25, -0.2) is 0 Å². The van der Waals surface area contributed by atoms with E-state index >= 15 is 0 Å². The fourth-order valence-electron chi connectivity index (χ4n) is 2.80. The van der Waals surface area contributed by atoms with Crippen molar-refractivity contribution in [2.75, 3.05) is 13.2 Å². The summed E-state index contributed by atoms with van der Waals surface area (Å²) >= 11 is 0. The van der Waals surface area contributed by atoms with Gasteiger partial charge in [0.25, 0.3) is 0 Å². The van der Waals surface area contributed by atoms with E-state index in [-0.39, 0.29) is 0 Å². The molecule has 1 heterocycles. The predicted molar refractivity (Wildman–Crippen MR) is 73.8 cm³/mol. The summed E-state index contributed by atoms with van der Waals surface area (Å²) in [5, 5.41) is 3.79. The Balaban J connectivity index is 1.62. The van der Waals surface area contributed by atoms with Crippen LogP contribution < -0.4 is 5.32 Å². The third-order valence-electron chi connectivity index (χ3n) is 4.12. The molecule has 0 spiro atoms. The highest BCUT2D eigenvalue weighted by molar-refractivity contribution is 5.22. The maximum Gasteiger partial charge on any atom is 0.0512 e. The SMILES string of the molecule is Cc1ccc(C[C@@H]2COCC[C@@H]2NC2CC2)cc1. The summed E-state index contributed by atoms with van der Waals surface area (Å²) in [6.07, 6.45) is 5.06. The Bertz CT molecular complexity index is 383. The first-order chi connectivity index (χ1) is 8.81. The molecule has 0 bridgehead atoms. The fraction of sp³-hybridized carbons (Fsp3) is 0.625. The quantitative estimate of drug-likeness (QED) is 0.880. The molecule has 2 nitrogen and oxygen atoms in total. The van der Waals surface area contributed by atoms with Crippen molar-refractivity contribution in [1.29, 1.82) is 0 Å². The van der Waals surface area contributed by atoms with Gasteiger partial charge in [-0.15, -0.1) is 0 Å². The Morgan fingerprint density at radius 1 is 1.17 bits per heavy atom. The monoisotopic (exact) mass is 245 g/mol. The third-order valence-corrected chi connectivity index (χ3v) is 4.12. The lowest BCUT2D eigenvalue weighted by atomic mass is 9.89. The minimum absolute atomic E-state index is 0.641. The highest BCUT2D eigenvalue weighted by Gasteiger charge is 2.31. The Kier molecular flexibility index (Phi) is 3.67. The van der Waals surface area contributed by atoms with E-state index in [0.29, 0.717) is 12.0 Å². The van der Waals surface area contributed by atoms with Crippen molar-refractivity contribution in [3.8, 4) is 0 Å². The molecule has 18 heavy (non-hydrogen) atoms. The zero-order chi connectivity index (χ0) is 12.4. The molecular weight excluding hydrogens is 222 g/mol. The third kappa shape index (κ3) is 3.12. The maximum atomic E-state index is 5.67. The summed E-state index contributed by atoms with van der Waals surface area (Å²) in [6.45, 7) is 3.98. The Hall–Kier alpha value is -0.860. The van der Waals surface area contributed by atoms with Gasteiger partial charge in [-0.2, -0.15) is 0 Å². The second kappa shape index (κ2) is 5.41. The van der Waals surface area contributed by atoms with Crippen molar-refractivity contribution in [2.45, 2.75) is 44.7 Å². The minimum Gasteiger partial charge on any atom is -0.381 e. The van der Waals surface area contributed by atoms with Crippen LogP contribution in [-0.4, -0.2) is 25.3 Å². The Morgan fingerprint density at radius 3 is 2.67 bits per heavy atom. The fourth-order valence-corrected chi connectivity index (χ4v) is 2.80. The van der Waals surface area contributed by atoms with Crippen molar-refractivity contribution in [3.05, 3.63) is 35.4 Å². The van der Waals surface area contributed by atoms with E-state index in [9.17, 15) is 0 Å². The molecule has 2 heteroatoms. The van der Waals surface area contributed by atoms with E-state index in [0.717, 1.165) is 25.7 Å². The van der Waals surface area contributed by atoms with Crippen LogP contribution in [0.15, 0.2) is 24.3 Å². The second-order valence-corrected chi connectivity index (χ2v) is 5.86. The normalized spacial score (nSPS) is 28.3. The van der Waals surface area contributed by atoms with Crippen molar-refractivity contribution in [2.24, 2.45) is 5.92 Å². The van der Waals surface area contributed by atoms with Gasteiger partial charge in [-0.1, -0.05) is 29.8 Å². The molecule has 1 saturated heterocycles. The molecule has 1 aliphatic carbocycles. The molecule has 98 valence electrons. The average molecular weight is 245 g/mol. The van der Waals surface area contributed by atoms with Gasteiger partial charge in [0, 0.05) is 24.6 Å². The standard InChI is InChI=1S/C16H23NO/c1-12-2-4-13(5-3-12)10-14-11-18-9-8-16(14)17-15-6-7-15/h2-5,14-17H,6-11H2,1H3/t14-,16+/m1/s1. The van der Waals surface area contributed by atoms with Crippen LogP contribution in [0.1, 0.15) is 30.4 Å². The zero-order valence-electron chi connectivity index (χ0n) is 11.2. The highest BCUT2D eigenvalue weighted by Crippen LogP contribution is 2.26. The largest absolute Gasteiger partial charge is 0.381 e. The molecule has 2 atom stereocenters. The molecule has 2 aliphatic rings. The first-order valence-corrected chi connectivity index (χ1v) is 7.20. The van der Waals surface area contributed by atoms with Crippen LogP contribution in [0, 0.1) is 12.8 Å². The van der Waals surface area contributed by atoms with Crippen molar-refractivity contribution in [3.63, 3.8) is 0 Å². The molecule has 0 unspecified atom stereocenters. The van der Waals surface area contributed by atoms with E-state index in [4.69, 9.17) is 4.74 Å². The van der Waals surface area contributed by atoms with E-state index in [2.05, 4.69) is 36.5 Å². The van der Waals surface area contributed by atoms with Crippen LogP contribution in [0.25, 0.3) is 0 Å². The molecule has 1 aliphatic heterocycles. The van der Waals surface area contributed by atoms with Gasteiger partial charge in [-0.05, 0) is 38.2 Å². The molecule has 0 radical (unpaired) electrons. The number of nitrogens with one attached hydrogen (secondary N) is 1. The average Bonchev–Trinajstić information content (AvgIpc) is 3.18.